The van der Waals surface area contributed by atoms with Crippen molar-refractivity contribution in [1.29, 1.82) is 0 Å². The van der Waals surface area contributed by atoms with E-state index in [4.69, 9.17) is 5.73 Å². The summed E-state index contributed by atoms with van der Waals surface area (Å²) < 4.78 is 38.5. The molecule has 1 aromatic rings. The Balaban J connectivity index is 0.00000484. The molecule has 1 unspecified atom stereocenters. The van der Waals surface area contributed by atoms with Crippen molar-refractivity contribution in [1.82, 2.24) is 15.1 Å². The lowest BCUT2D eigenvalue weighted by atomic mass is 10.0. The first-order valence-electron chi connectivity index (χ1n) is 7.10. The molecule has 0 saturated carbocycles. The molecule has 0 radical (unpaired) electrons. The number of nitrogens with one attached hydrogen (secondary N) is 1. The van der Waals surface area contributed by atoms with Gasteiger partial charge in [-0.05, 0) is 26.7 Å². The van der Waals surface area contributed by atoms with E-state index in [0.717, 1.165) is 4.68 Å². The van der Waals surface area contributed by atoms with Crippen LogP contribution >= 0.6 is 12.4 Å². The first-order valence-corrected chi connectivity index (χ1v) is 7.10. The van der Waals surface area contributed by atoms with Crippen molar-refractivity contribution >= 4 is 18.3 Å². The van der Waals surface area contributed by atoms with Gasteiger partial charge in [0.15, 0.2) is 0 Å². The second-order valence-corrected chi connectivity index (χ2v) is 5.86. The van der Waals surface area contributed by atoms with E-state index in [2.05, 4.69) is 10.4 Å². The second kappa shape index (κ2) is 8.01. The Morgan fingerprint density at radius 3 is 2.26 bits per heavy atom. The van der Waals surface area contributed by atoms with Crippen LogP contribution in [0.5, 0.6) is 0 Å². The molecular weight excluding hydrogens is 333 g/mol. The standard InChI is InChI=1S/C14H23F3N4O.ClH/c1-7(2)12(18)13(22)19-8(3)11-9(4)20-21(10(11)5)6-14(15,16)17;/h7-8,12H,6,18H2,1-5H3,(H,19,22);1H/t8?,12-;/m0./s1. The molecule has 0 aliphatic carbocycles. The maximum atomic E-state index is 12.5. The van der Waals surface area contributed by atoms with E-state index < -0.39 is 24.8 Å². The van der Waals surface area contributed by atoms with Gasteiger partial charge in [-0.3, -0.25) is 9.48 Å². The topological polar surface area (TPSA) is 72.9 Å². The molecule has 0 aliphatic rings. The van der Waals surface area contributed by atoms with Gasteiger partial charge in [-0.15, -0.1) is 12.4 Å². The number of aryl methyl sites for hydroxylation is 1. The van der Waals surface area contributed by atoms with Gasteiger partial charge in [-0.2, -0.15) is 18.3 Å². The van der Waals surface area contributed by atoms with Crippen LogP contribution < -0.4 is 11.1 Å². The highest BCUT2D eigenvalue weighted by Gasteiger charge is 2.31. The zero-order valence-electron chi connectivity index (χ0n) is 13.9. The van der Waals surface area contributed by atoms with Crippen molar-refractivity contribution in [2.75, 3.05) is 0 Å². The SMILES string of the molecule is Cc1nn(CC(F)(F)F)c(C)c1C(C)NC(=O)[C@@H](N)C(C)C.Cl. The molecule has 134 valence electrons. The predicted octanol–water partition coefficient (Wildman–Crippen LogP) is 2.64. The van der Waals surface area contributed by atoms with Gasteiger partial charge in [0.2, 0.25) is 5.91 Å². The van der Waals surface area contributed by atoms with E-state index in [0.29, 0.717) is 17.0 Å². The maximum Gasteiger partial charge on any atom is 0.408 e. The zero-order chi connectivity index (χ0) is 17.2. The lowest BCUT2D eigenvalue weighted by molar-refractivity contribution is -0.143. The summed E-state index contributed by atoms with van der Waals surface area (Å²) in [6, 6.07) is -1.12. The molecule has 23 heavy (non-hydrogen) atoms. The van der Waals surface area contributed by atoms with Crippen molar-refractivity contribution in [3.05, 3.63) is 17.0 Å². The van der Waals surface area contributed by atoms with Crippen molar-refractivity contribution in [2.45, 2.75) is 59.4 Å². The van der Waals surface area contributed by atoms with Crippen LogP contribution in [0.4, 0.5) is 13.2 Å². The fourth-order valence-corrected chi connectivity index (χ4v) is 2.35. The van der Waals surface area contributed by atoms with E-state index in [1.54, 1.807) is 20.8 Å². The number of rotatable bonds is 5. The van der Waals surface area contributed by atoms with Gasteiger partial charge in [0, 0.05) is 11.3 Å². The highest BCUT2D eigenvalue weighted by molar-refractivity contribution is 5.85. The number of amides is 1. The van der Waals surface area contributed by atoms with Crippen molar-refractivity contribution in [2.24, 2.45) is 11.7 Å². The monoisotopic (exact) mass is 356 g/mol. The van der Waals surface area contributed by atoms with E-state index in [1.807, 2.05) is 13.8 Å². The van der Waals surface area contributed by atoms with Crippen LogP contribution in [0.15, 0.2) is 0 Å². The van der Waals surface area contributed by atoms with E-state index in [-0.39, 0.29) is 24.2 Å². The molecule has 0 fully saturated rings. The fourth-order valence-electron chi connectivity index (χ4n) is 2.35. The Morgan fingerprint density at radius 2 is 1.83 bits per heavy atom. The molecule has 2 atom stereocenters. The van der Waals surface area contributed by atoms with Gasteiger partial charge in [-0.25, -0.2) is 0 Å². The molecule has 5 nitrogen and oxygen atoms in total. The van der Waals surface area contributed by atoms with Crippen LogP contribution in [0, 0.1) is 19.8 Å². The molecule has 1 amide bonds. The number of nitrogens with zero attached hydrogens (tertiary/aromatic N) is 2. The maximum absolute atomic E-state index is 12.5. The largest absolute Gasteiger partial charge is 0.408 e. The Hall–Kier alpha value is -1.28. The summed E-state index contributed by atoms with van der Waals surface area (Å²) in [7, 11) is 0. The zero-order valence-corrected chi connectivity index (χ0v) is 14.7. The average molecular weight is 357 g/mol. The number of hydrogen-bond donors (Lipinski definition) is 2. The minimum atomic E-state index is -4.34. The average Bonchev–Trinajstić information content (AvgIpc) is 2.60. The second-order valence-electron chi connectivity index (χ2n) is 5.86. The van der Waals surface area contributed by atoms with Crippen molar-refractivity contribution < 1.29 is 18.0 Å². The molecule has 0 aromatic carbocycles. The van der Waals surface area contributed by atoms with Gasteiger partial charge in [-0.1, -0.05) is 13.8 Å². The number of carbonyl (C=O) groups excluding carboxylic acids is 1. The number of nitrogens with two attached hydrogens (primary N) is 1. The molecule has 1 heterocycles. The Bertz CT molecular complexity index is 543. The minimum absolute atomic E-state index is 0. The molecule has 1 rings (SSSR count). The molecule has 0 aliphatic heterocycles. The van der Waals surface area contributed by atoms with Crippen LogP contribution in [-0.4, -0.2) is 27.9 Å². The summed E-state index contributed by atoms with van der Waals surface area (Å²) in [5, 5.41) is 6.65. The summed E-state index contributed by atoms with van der Waals surface area (Å²) >= 11 is 0. The van der Waals surface area contributed by atoms with E-state index in [9.17, 15) is 18.0 Å². The van der Waals surface area contributed by atoms with E-state index in [1.165, 1.54) is 0 Å². The summed E-state index contributed by atoms with van der Waals surface area (Å²) in [4.78, 5) is 12.0. The lowest BCUT2D eigenvalue weighted by Gasteiger charge is -2.20. The molecule has 0 bridgehead atoms. The first kappa shape index (κ1) is 21.7. The fraction of sp³-hybridized carbons (Fsp3) is 0.714. The van der Waals surface area contributed by atoms with Crippen molar-refractivity contribution in [3.8, 4) is 0 Å². The highest BCUT2D eigenvalue weighted by Crippen LogP contribution is 2.25. The minimum Gasteiger partial charge on any atom is -0.348 e. The third-order valence-corrected chi connectivity index (χ3v) is 3.58. The summed E-state index contributed by atoms with van der Waals surface area (Å²) in [6.45, 7) is 7.40. The summed E-state index contributed by atoms with van der Waals surface area (Å²) in [5.41, 5.74) is 7.22. The Kier molecular flexibility index (Phi) is 7.56. The van der Waals surface area contributed by atoms with Gasteiger partial charge in [0.25, 0.3) is 0 Å². The van der Waals surface area contributed by atoms with Crippen molar-refractivity contribution in [3.63, 3.8) is 0 Å². The Morgan fingerprint density at radius 1 is 1.30 bits per heavy atom. The highest BCUT2D eigenvalue weighted by atomic mass is 35.5. The van der Waals surface area contributed by atoms with E-state index >= 15 is 0 Å². The van der Waals surface area contributed by atoms with Crippen LogP contribution in [-0.2, 0) is 11.3 Å². The quantitative estimate of drug-likeness (QED) is 0.851. The van der Waals surface area contributed by atoms with Crippen LogP contribution in [0.25, 0.3) is 0 Å². The predicted molar refractivity (Wildman–Crippen MR) is 84.4 cm³/mol. The third kappa shape index (κ3) is 5.69. The molecule has 0 saturated heterocycles. The lowest BCUT2D eigenvalue weighted by Crippen LogP contribution is -2.44. The van der Waals surface area contributed by atoms with Gasteiger partial charge in [0.05, 0.1) is 17.8 Å². The first-order chi connectivity index (χ1) is 9.94. The normalized spacial score (nSPS) is 14.3. The van der Waals surface area contributed by atoms with Gasteiger partial charge < -0.3 is 11.1 Å². The molecule has 1 aromatic heterocycles. The number of aromatic nitrogens is 2. The van der Waals surface area contributed by atoms with Gasteiger partial charge in [0.1, 0.15) is 6.54 Å². The number of hydrogen-bond acceptors (Lipinski definition) is 3. The molecular formula is C14H24ClF3N4O. The third-order valence-electron chi connectivity index (χ3n) is 3.58. The van der Waals surface area contributed by atoms with Crippen LogP contribution in [0.2, 0.25) is 0 Å². The molecule has 0 spiro atoms. The van der Waals surface area contributed by atoms with Gasteiger partial charge >= 0.3 is 6.18 Å². The molecule has 9 heteroatoms. The summed E-state index contributed by atoms with van der Waals surface area (Å²) in [6.07, 6.45) is -4.34. The number of alkyl halides is 3. The van der Waals surface area contributed by atoms with Crippen LogP contribution in [0.1, 0.15) is 43.8 Å². The summed E-state index contributed by atoms with van der Waals surface area (Å²) in [5.74, 6) is -0.354. The number of halogens is 4. The van der Waals surface area contributed by atoms with Crippen LogP contribution in [0.3, 0.4) is 0 Å². The Labute approximate surface area is 140 Å². The molecule has 3 N–H and O–H groups in total. The smallest absolute Gasteiger partial charge is 0.348 e. The number of carbonyl (C=O) groups is 1.